The van der Waals surface area contributed by atoms with E-state index in [0.717, 1.165) is 5.56 Å². The molecule has 0 radical (unpaired) electrons. The van der Waals surface area contributed by atoms with E-state index < -0.39 is 0 Å². The molecule has 0 saturated heterocycles. The van der Waals surface area contributed by atoms with Crippen LogP contribution in [0.15, 0.2) is 6.07 Å². The number of ether oxygens (including phenoxy) is 1. The molecule has 0 aromatic carbocycles. The van der Waals surface area contributed by atoms with Gasteiger partial charge >= 0.3 is 5.97 Å². The zero-order valence-corrected chi connectivity index (χ0v) is 7.90. The zero-order chi connectivity index (χ0) is 9.14. The lowest BCUT2D eigenvalue weighted by molar-refractivity contribution is 0.0531. The van der Waals surface area contributed by atoms with Crippen molar-refractivity contribution < 1.29 is 9.53 Å². The number of anilines is 1. The molecule has 1 heterocycles. The largest absolute Gasteiger partial charge is 0.462 e. The van der Waals surface area contributed by atoms with Crippen molar-refractivity contribution in [2.75, 3.05) is 12.3 Å². The van der Waals surface area contributed by atoms with Crippen LogP contribution in [0.25, 0.3) is 0 Å². The average Bonchev–Trinajstić information content (AvgIpc) is 2.30. The number of thiophene rings is 1. The second-order valence-corrected chi connectivity index (χ2v) is 3.47. The summed E-state index contributed by atoms with van der Waals surface area (Å²) in [5.41, 5.74) is 6.41. The van der Waals surface area contributed by atoms with Crippen LogP contribution in [0.5, 0.6) is 0 Å². The number of hydrogen-bond donors (Lipinski definition) is 1. The van der Waals surface area contributed by atoms with Gasteiger partial charge in [0, 0.05) is 0 Å². The summed E-state index contributed by atoms with van der Waals surface area (Å²) in [6.07, 6.45) is 0. The maximum Gasteiger partial charge on any atom is 0.348 e. The van der Waals surface area contributed by atoms with Gasteiger partial charge in [0.2, 0.25) is 0 Å². The molecule has 4 heteroatoms. The van der Waals surface area contributed by atoms with Gasteiger partial charge in [0.1, 0.15) is 4.88 Å². The lowest BCUT2D eigenvalue weighted by Crippen LogP contribution is -2.03. The number of carbonyl (C=O) groups is 1. The molecule has 0 spiro atoms. The second-order valence-electron chi connectivity index (χ2n) is 2.38. The van der Waals surface area contributed by atoms with Crippen LogP contribution in [0.2, 0.25) is 0 Å². The van der Waals surface area contributed by atoms with Gasteiger partial charge in [0.15, 0.2) is 0 Å². The Kier molecular flexibility index (Phi) is 2.70. The van der Waals surface area contributed by atoms with Crippen LogP contribution < -0.4 is 5.73 Å². The third-order valence-corrected chi connectivity index (χ3v) is 2.44. The molecule has 3 nitrogen and oxygen atoms in total. The molecule has 0 bridgehead atoms. The van der Waals surface area contributed by atoms with Gasteiger partial charge in [-0.15, -0.1) is 11.3 Å². The number of nitrogens with two attached hydrogens (primary N) is 1. The predicted molar refractivity (Wildman–Crippen MR) is 49.4 cm³/mol. The summed E-state index contributed by atoms with van der Waals surface area (Å²) < 4.78 is 4.84. The van der Waals surface area contributed by atoms with E-state index in [0.29, 0.717) is 16.5 Å². The minimum absolute atomic E-state index is 0.281. The van der Waals surface area contributed by atoms with E-state index in [1.165, 1.54) is 11.3 Å². The first-order valence-electron chi connectivity index (χ1n) is 3.68. The normalized spacial score (nSPS) is 9.83. The van der Waals surface area contributed by atoms with E-state index in [2.05, 4.69) is 0 Å². The fraction of sp³-hybridized carbons (Fsp3) is 0.375. The Morgan fingerprint density at radius 1 is 1.75 bits per heavy atom. The maximum atomic E-state index is 11.2. The van der Waals surface area contributed by atoms with E-state index in [1.54, 1.807) is 13.0 Å². The summed E-state index contributed by atoms with van der Waals surface area (Å²) in [7, 11) is 0. The van der Waals surface area contributed by atoms with Crippen molar-refractivity contribution in [3.8, 4) is 0 Å². The van der Waals surface area contributed by atoms with Crippen LogP contribution in [-0.2, 0) is 4.74 Å². The molecule has 1 aromatic rings. The number of hydrogen-bond acceptors (Lipinski definition) is 4. The topological polar surface area (TPSA) is 52.3 Å². The first kappa shape index (κ1) is 9.06. The number of carbonyl (C=O) groups excluding carboxylic acids is 1. The van der Waals surface area contributed by atoms with Crippen molar-refractivity contribution in [2.24, 2.45) is 0 Å². The first-order chi connectivity index (χ1) is 5.65. The van der Waals surface area contributed by atoms with E-state index in [1.807, 2.05) is 6.92 Å². The van der Waals surface area contributed by atoms with Gasteiger partial charge in [-0.3, -0.25) is 0 Å². The minimum Gasteiger partial charge on any atom is -0.462 e. The molecule has 0 amide bonds. The van der Waals surface area contributed by atoms with Gasteiger partial charge in [-0.25, -0.2) is 4.79 Å². The Morgan fingerprint density at radius 2 is 2.42 bits per heavy atom. The third-order valence-electron chi connectivity index (χ3n) is 1.40. The van der Waals surface area contributed by atoms with Gasteiger partial charge in [0.05, 0.1) is 11.6 Å². The van der Waals surface area contributed by atoms with E-state index in [9.17, 15) is 4.79 Å². The molecule has 1 aromatic heterocycles. The number of rotatable bonds is 2. The van der Waals surface area contributed by atoms with Crippen LogP contribution >= 0.6 is 11.3 Å². The Hall–Kier alpha value is -1.03. The molecule has 2 N–H and O–H groups in total. The van der Waals surface area contributed by atoms with Gasteiger partial charge in [-0.1, -0.05) is 0 Å². The molecule has 0 saturated carbocycles. The highest BCUT2D eigenvalue weighted by atomic mass is 32.1. The van der Waals surface area contributed by atoms with Crippen LogP contribution in [-0.4, -0.2) is 12.6 Å². The summed E-state index contributed by atoms with van der Waals surface area (Å²) in [5, 5.41) is 0.649. The average molecular weight is 185 g/mol. The molecular weight excluding hydrogens is 174 g/mol. The molecule has 0 fully saturated rings. The van der Waals surface area contributed by atoms with Crippen LogP contribution in [0.1, 0.15) is 22.2 Å². The van der Waals surface area contributed by atoms with Crippen LogP contribution in [0, 0.1) is 6.92 Å². The maximum absolute atomic E-state index is 11.2. The smallest absolute Gasteiger partial charge is 0.348 e. The summed E-state index contributed by atoms with van der Waals surface area (Å²) >= 11 is 1.27. The highest BCUT2D eigenvalue weighted by Gasteiger charge is 2.12. The summed E-state index contributed by atoms with van der Waals surface area (Å²) in [6.45, 7) is 4.03. The molecule has 0 unspecified atom stereocenters. The van der Waals surface area contributed by atoms with Gasteiger partial charge in [-0.2, -0.15) is 0 Å². The molecule has 0 aliphatic rings. The van der Waals surface area contributed by atoms with Crippen molar-refractivity contribution in [1.82, 2.24) is 0 Å². The second kappa shape index (κ2) is 3.58. The van der Waals surface area contributed by atoms with Crippen molar-refractivity contribution in [3.63, 3.8) is 0 Å². The standard InChI is InChI=1S/C8H11NO2S/c1-3-11-8(10)7-5(2)4-6(9)12-7/h4H,3,9H2,1-2H3. The monoisotopic (exact) mass is 185 g/mol. The summed E-state index contributed by atoms with van der Waals surface area (Å²) in [5.74, 6) is -0.281. The minimum atomic E-state index is -0.281. The van der Waals surface area contributed by atoms with Crippen molar-refractivity contribution in [1.29, 1.82) is 0 Å². The molecule has 66 valence electrons. The van der Waals surface area contributed by atoms with Crippen LogP contribution in [0.4, 0.5) is 5.00 Å². The Labute approximate surface area is 75.1 Å². The first-order valence-corrected chi connectivity index (χ1v) is 4.49. The summed E-state index contributed by atoms with van der Waals surface area (Å²) in [4.78, 5) is 11.8. The molecular formula is C8H11NO2S. The highest BCUT2D eigenvalue weighted by molar-refractivity contribution is 7.17. The van der Waals surface area contributed by atoms with Gasteiger partial charge < -0.3 is 10.5 Å². The molecule has 0 aliphatic carbocycles. The zero-order valence-electron chi connectivity index (χ0n) is 7.09. The predicted octanol–water partition coefficient (Wildman–Crippen LogP) is 1.82. The number of nitrogen functional groups attached to an aromatic ring is 1. The van der Waals surface area contributed by atoms with Crippen molar-refractivity contribution in [2.45, 2.75) is 13.8 Å². The van der Waals surface area contributed by atoms with E-state index in [-0.39, 0.29) is 5.97 Å². The highest BCUT2D eigenvalue weighted by Crippen LogP contribution is 2.24. The molecule has 12 heavy (non-hydrogen) atoms. The van der Waals surface area contributed by atoms with Crippen molar-refractivity contribution >= 4 is 22.3 Å². The number of aryl methyl sites for hydroxylation is 1. The Balaban J connectivity index is 2.87. The summed E-state index contributed by atoms with van der Waals surface area (Å²) in [6, 6.07) is 1.77. The van der Waals surface area contributed by atoms with Crippen molar-refractivity contribution in [3.05, 3.63) is 16.5 Å². The molecule has 0 atom stereocenters. The van der Waals surface area contributed by atoms with Crippen LogP contribution in [0.3, 0.4) is 0 Å². The van der Waals surface area contributed by atoms with E-state index in [4.69, 9.17) is 10.5 Å². The fourth-order valence-corrected chi connectivity index (χ4v) is 1.74. The van der Waals surface area contributed by atoms with Gasteiger partial charge in [-0.05, 0) is 25.5 Å². The fourth-order valence-electron chi connectivity index (χ4n) is 0.906. The molecule has 1 rings (SSSR count). The quantitative estimate of drug-likeness (QED) is 0.715. The lowest BCUT2D eigenvalue weighted by Gasteiger charge is -1.98. The third kappa shape index (κ3) is 1.76. The SMILES string of the molecule is CCOC(=O)c1sc(N)cc1C. The lowest BCUT2D eigenvalue weighted by atomic mass is 10.3. The molecule has 0 aliphatic heterocycles. The number of esters is 1. The van der Waals surface area contributed by atoms with E-state index >= 15 is 0 Å². The Bertz CT molecular complexity index is 293. The Morgan fingerprint density at radius 3 is 2.83 bits per heavy atom. The van der Waals surface area contributed by atoms with Gasteiger partial charge in [0.25, 0.3) is 0 Å².